The second kappa shape index (κ2) is 5.09. The van der Waals surface area contributed by atoms with Crippen LogP contribution in [0.5, 0.6) is 0 Å². The van der Waals surface area contributed by atoms with Gasteiger partial charge in [0.15, 0.2) is 0 Å². The fourth-order valence-electron chi connectivity index (χ4n) is 0.883. The minimum Gasteiger partial charge on any atom is -0.327 e. The van der Waals surface area contributed by atoms with Gasteiger partial charge in [0.2, 0.25) is 0 Å². The predicted molar refractivity (Wildman–Crippen MR) is 46.5 cm³/mol. The highest BCUT2D eigenvalue weighted by molar-refractivity contribution is 5.85. The Morgan fingerprint density at radius 2 is 1.92 bits per heavy atom. The van der Waals surface area contributed by atoms with E-state index in [1.54, 1.807) is 0 Å². The monoisotopic (exact) mass is 211 g/mol. The maximum atomic E-state index is 12.8. The van der Waals surface area contributed by atoms with E-state index in [1.165, 1.54) is 0 Å². The number of hydrogen-bond donors (Lipinski definition) is 1. The molecule has 74 valence electrons. The molecule has 0 aromatic heterocycles. The van der Waals surface area contributed by atoms with Gasteiger partial charge in [0, 0.05) is 18.2 Å². The number of halogens is 4. The molecule has 0 spiro atoms. The van der Waals surface area contributed by atoms with Gasteiger partial charge in [-0.05, 0) is 6.07 Å². The molecule has 1 nitrogen and oxygen atoms in total. The summed E-state index contributed by atoms with van der Waals surface area (Å²) in [4.78, 5) is 0. The summed E-state index contributed by atoms with van der Waals surface area (Å²) in [6, 6.07) is 2.69. The fraction of sp³-hybridized carbons (Fsp3) is 0.250. The van der Waals surface area contributed by atoms with E-state index in [0.29, 0.717) is 6.07 Å². The van der Waals surface area contributed by atoms with Crippen molar-refractivity contribution in [3.8, 4) is 0 Å². The molecule has 0 aliphatic rings. The van der Waals surface area contributed by atoms with Crippen LogP contribution in [0.1, 0.15) is 11.7 Å². The number of nitrogens with two attached hydrogens (primary N) is 1. The van der Waals surface area contributed by atoms with Crippen molar-refractivity contribution in [2.75, 3.05) is 6.54 Å². The molecule has 0 aliphatic heterocycles. The largest absolute Gasteiger partial charge is 0.327 e. The molecule has 0 radical (unpaired) electrons. The van der Waals surface area contributed by atoms with E-state index in [1.807, 2.05) is 0 Å². The first-order valence-corrected chi connectivity index (χ1v) is 3.44. The van der Waals surface area contributed by atoms with E-state index in [2.05, 4.69) is 0 Å². The van der Waals surface area contributed by atoms with Crippen molar-refractivity contribution in [2.24, 2.45) is 5.73 Å². The lowest BCUT2D eigenvalue weighted by molar-refractivity contribution is 0.340. The molecule has 1 unspecified atom stereocenters. The molecule has 1 rings (SSSR count). The summed E-state index contributed by atoms with van der Waals surface area (Å²) in [6.07, 6.45) is -1.56. The Morgan fingerprint density at radius 3 is 2.38 bits per heavy atom. The molecule has 5 heteroatoms. The Labute approximate surface area is 80.2 Å². The normalized spacial score (nSPS) is 12.0. The Balaban J connectivity index is 0.00000144. The second-order valence-corrected chi connectivity index (χ2v) is 2.37. The summed E-state index contributed by atoms with van der Waals surface area (Å²) in [5.74, 6) is -1.62. The highest BCUT2D eigenvalue weighted by atomic mass is 35.5. The van der Waals surface area contributed by atoms with Gasteiger partial charge in [0.25, 0.3) is 0 Å². The van der Waals surface area contributed by atoms with Gasteiger partial charge in [-0.1, -0.05) is 6.07 Å². The van der Waals surface area contributed by atoms with Gasteiger partial charge < -0.3 is 5.73 Å². The van der Waals surface area contributed by atoms with Crippen molar-refractivity contribution in [2.45, 2.75) is 6.17 Å². The summed E-state index contributed by atoms with van der Waals surface area (Å²) >= 11 is 0. The average Bonchev–Trinajstić information content (AvgIpc) is 2.03. The summed E-state index contributed by atoms with van der Waals surface area (Å²) in [5.41, 5.74) is 4.78. The predicted octanol–water partition coefficient (Wildman–Crippen LogP) is 2.36. The first-order valence-electron chi connectivity index (χ1n) is 3.44. The van der Waals surface area contributed by atoms with E-state index < -0.39 is 17.8 Å². The van der Waals surface area contributed by atoms with Crippen molar-refractivity contribution < 1.29 is 13.2 Å². The minimum atomic E-state index is -1.56. The van der Waals surface area contributed by atoms with Crippen LogP contribution in [0.4, 0.5) is 13.2 Å². The summed E-state index contributed by atoms with van der Waals surface area (Å²) in [6.45, 7) is -0.303. The zero-order valence-electron chi connectivity index (χ0n) is 6.64. The molecule has 0 amide bonds. The third-order valence-corrected chi connectivity index (χ3v) is 1.51. The molecule has 1 atom stereocenters. The lowest BCUT2D eigenvalue weighted by Crippen LogP contribution is -2.09. The van der Waals surface area contributed by atoms with Crippen LogP contribution in [0.2, 0.25) is 0 Å². The highest BCUT2D eigenvalue weighted by Crippen LogP contribution is 2.19. The molecule has 0 saturated heterocycles. The standard InChI is InChI=1S/C8H8F3N.ClH/c9-5-1-2-6(7(10)3-5)8(11)4-12;/h1-3,8H,4,12H2;1H. The molecule has 0 saturated carbocycles. The summed E-state index contributed by atoms with van der Waals surface area (Å²) < 4.78 is 37.8. The van der Waals surface area contributed by atoms with Crippen molar-refractivity contribution in [1.29, 1.82) is 0 Å². The molecule has 0 bridgehead atoms. The molecule has 0 fully saturated rings. The van der Waals surface area contributed by atoms with Crippen LogP contribution in [0.25, 0.3) is 0 Å². The SMILES string of the molecule is Cl.NCC(F)c1ccc(F)cc1F. The number of alkyl halides is 1. The molecule has 0 heterocycles. The van der Waals surface area contributed by atoms with Crippen LogP contribution in [0, 0.1) is 11.6 Å². The Morgan fingerprint density at radius 1 is 1.31 bits per heavy atom. The molecular weight excluding hydrogens is 203 g/mol. The maximum Gasteiger partial charge on any atom is 0.140 e. The van der Waals surface area contributed by atoms with Gasteiger partial charge in [0.1, 0.15) is 17.8 Å². The lowest BCUT2D eigenvalue weighted by atomic mass is 10.1. The van der Waals surface area contributed by atoms with Crippen molar-refractivity contribution in [3.05, 3.63) is 35.4 Å². The molecular formula is C8H9ClF3N. The third-order valence-electron chi connectivity index (χ3n) is 1.51. The molecule has 1 aromatic carbocycles. The third kappa shape index (κ3) is 2.90. The van der Waals surface area contributed by atoms with E-state index in [0.717, 1.165) is 12.1 Å². The van der Waals surface area contributed by atoms with E-state index >= 15 is 0 Å². The molecule has 2 N–H and O–H groups in total. The van der Waals surface area contributed by atoms with Crippen molar-refractivity contribution >= 4 is 12.4 Å². The number of rotatable bonds is 2. The van der Waals surface area contributed by atoms with Crippen LogP contribution >= 0.6 is 12.4 Å². The van der Waals surface area contributed by atoms with Gasteiger partial charge in [-0.25, -0.2) is 13.2 Å². The zero-order chi connectivity index (χ0) is 9.14. The highest BCUT2D eigenvalue weighted by Gasteiger charge is 2.12. The topological polar surface area (TPSA) is 26.0 Å². The van der Waals surface area contributed by atoms with Gasteiger partial charge in [-0.15, -0.1) is 12.4 Å². The Kier molecular flexibility index (Phi) is 4.80. The van der Waals surface area contributed by atoms with Crippen LogP contribution in [-0.4, -0.2) is 6.54 Å². The van der Waals surface area contributed by atoms with Crippen LogP contribution < -0.4 is 5.73 Å². The molecule has 1 aromatic rings. The zero-order valence-corrected chi connectivity index (χ0v) is 7.45. The molecule has 13 heavy (non-hydrogen) atoms. The van der Waals surface area contributed by atoms with Crippen LogP contribution in [0.15, 0.2) is 18.2 Å². The van der Waals surface area contributed by atoms with Gasteiger partial charge in [0.05, 0.1) is 0 Å². The summed E-state index contributed by atoms with van der Waals surface area (Å²) in [5, 5.41) is 0. The van der Waals surface area contributed by atoms with E-state index in [-0.39, 0.29) is 24.5 Å². The van der Waals surface area contributed by atoms with Crippen LogP contribution in [-0.2, 0) is 0 Å². The Hall–Kier alpha value is -0.740. The smallest absolute Gasteiger partial charge is 0.140 e. The van der Waals surface area contributed by atoms with Crippen LogP contribution in [0.3, 0.4) is 0 Å². The lowest BCUT2D eigenvalue weighted by Gasteiger charge is -2.05. The fourth-order valence-corrected chi connectivity index (χ4v) is 0.883. The summed E-state index contributed by atoms with van der Waals surface area (Å²) in [7, 11) is 0. The van der Waals surface area contributed by atoms with Crippen molar-refractivity contribution in [3.63, 3.8) is 0 Å². The number of benzene rings is 1. The second-order valence-electron chi connectivity index (χ2n) is 2.37. The quantitative estimate of drug-likeness (QED) is 0.799. The van der Waals surface area contributed by atoms with Gasteiger partial charge in [-0.2, -0.15) is 0 Å². The van der Waals surface area contributed by atoms with Gasteiger partial charge in [-0.3, -0.25) is 0 Å². The maximum absolute atomic E-state index is 12.8. The van der Waals surface area contributed by atoms with Crippen molar-refractivity contribution in [1.82, 2.24) is 0 Å². The number of hydrogen-bond acceptors (Lipinski definition) is 1. The Bertz CT molecular complexity index is 280. The minimum absolute atomic E-state index is 0. The van der Waals surface area contributed by atoms with E-state index in [4.69, 9.17) is 5.73 Å². The van der Waals surface area contributed by atoms with Gasteiger partial charge >= 0.3 is 0 Å². The first-order chi connectivity index (χ1) is 5.65. The average molecular weight is 212 g/mol. The molecule has 0 aliphatic carbocycles. The van der Waals surface area contributed by atoms with E-state index in [9.17, 15) is 13.2 Å². The first kappa shape index (κ1) is 12.3.